The second kappa shape index (κ2) is 8.74. The number of aromatic hydroxyl groups is 1. The predicted molar refractivity (Wildman–Crippen MR) is 149 cm³/mol. The van der Waals surface area contributed by atoms with Crippen molar-refractivity contribution in [2.75, 3.05) is 47.4 Å². The van der Waals surface area contributed by atoms with E-state index in [2.05, 4.69) is 48.2 Å². The number of ether oxygens (including phenoxy) is 1. The predicted octanol–water partition coefficient (Wildman–Crippen LogP) is 5.83. The Bertz CT molecular complexity index is 1190. The van der Waals surface area contributed by atoms with Gasteiger partial charge in [0.25, 0.3) is 0 Å². The molecule has 2 saturated heterocycles. The molecular weight excluding hydrogens is 456 g/mol. The molecule has 2 heterocycles. The van der Waals surface area contributed by atoms with Crippen LogP contribution in [-0.2, 0) is 12.8 Å². The molecule has 4 heteroatoms. The number of rotatable bonds is 1. The van der Waals surface area contributed by atoms with E-state index in [1.807, 2.05) is 12.1 Å². The van der Waals surface area contributed by atoms with Crippen LogP contribution in [-0.4, -0.2) is 62.3 Å². The monoisotopic (exact) mass is 500 g/mol. The van der Waals surface area contributed by atoms with Crippen molar-refractivity contribution in [2.24, 2.45) is 22.7 Å². The van der Waals surface area contributed by atoms with Crippen molar-refractivity contribution in [3.8, 4) is 11.5 Å². The number of methoxy groups -OCH3 is 1. The summed E-state index contributed by atoms with van der Waals surface area (Å²) in [5.41, 5.74) is 7.27. The maximum Gasteiger partial charge on any atom is 0.119 e. The molecular formula is C33H44N2O2. The van der Waals surface area contributed by atoms with Gasteiger partial charge < -0.3 is 19.6 Å². The highest BCUT2D eigenvalue weighted by Gasteiger charge is 2.57. The third kappa shape index (κ3) is 3.61. The zero-order valence-electron chi connectivity index (χ0n) is 23.0. The van der Waals surface area contributed by atoms with Gasteiger partial charge in [0, 0.05) is 26.2 Å². The van der Waals surface area contributed by atoms with Gasteiger partial charge in [-0.2, -0.15) is 0 Å². The molecule has 2 aromatic rings. The van der Waals surface area contributed by atoms with Crippen LogP contribution in [0, 0.1) is 22.7 Å². The maximum atomic E-state index is 9.65. The summed E-state index contributed by atoms with van der Waals surface area (Å²) in [6.07, 6.45) is 10.7. The van der Waals surface area contributed by atoms with Crippen LogP contribution in [0.3, 0.4) is 0 Å². The van der Waals surface area contributed by atoms with Crippen LogP contribution in [0.4, 0.5) is 0 Å². The summed E-state index contributed by atoms with van der Waals surface area (Å²) in [5, 5.41) is 9.65. The molecule has 4 aliphatic carbocycles. The molecule has 0 amide bonds. The highest BCUT2D eigenvalue weighted by atomic mass is 16.5. The molecule has 4 fully saturated rings. The van der Waals surface area contributed by atoms with Crippen molar-refractivity contribution in [2.45, 2.75) is 63.2 Å². The van der Waals surface area contributed by atoms with E-state index in [-0.39, 0.29) is 0 Å². The van der Waals surface area contributed by atoms with E-state index in [9.17, 15) is 5.11 Å². The zero-order valence-corrected chi connectivity index (χ0v) is 23.0. The Hall–Kier alpha value is -2.04. The van der Waals surface area contributed by atoms with Gasteiger partial charge in [-0.3, -0.25) is 0 Å². The standard InChI is InChI=1S/C17H23NO.C16H21NO/c1-18-10-13-3-6-16-15-5-4-14(19-2)9-12(15)7-8-17(13,16)11-18;1-17-9-12-2-5-15-14-4-3-13(18)8-11(14)6-7-16(12,15)10-17/h4-5,9,13,16H,3,6-8,10-11H2,1-2H3;3-4,8,12,15,18H,2,5-7,9-10H2,1H3. The SMILES string of the molecule is CN1CC2CCC3c4ccc(O)cc4CCC23C1.COc1ccc2c(c1)CCC13CN(C)CC1CCC23. The quantitative estimate of drug-likeness (QED) is 0.534. The van der Waals surface area contributed by atoms with Crippen LogP contribution in [0.5, 0.6) is 11.5 Å². The smallest absolute Gasteiger partial charge is 0.119 e. The first-order valence-corrected chi connectivity index (χ1v) is 14.8. The largest absolute Gasteiger partial charge is 0.508 e. The van der Waals surface area contributed by atoms with Gasteiger partial charge in [-0.1, -0.05) is 12.1 Å². The maximum absolute atomic E-state index is 9.65. The summed E-state index contributed by atoms with van der Waals surface area (Å²) in [7, 11) is 6.34. The summed E-state index contributed by atoms with van der Waals surface area (Å²) in [4.78, 5) is 5.09. The average molecular weight is 501 g/mol. The lowest BCUT2D eigenvalue weighted by Crippen LogP contribution is -2.36. The number of fused-ring (bicyclic) bond motifs is 4. The molecule has 2 saturated carbocycles. The molecule has 1 N–H and O–H groups in total. The van der Waals surface area contributed by atoms with Crippen LogP contribution in [0.15, 0.2) is 36.4 Å². The molecule has 198 valence electrons. The lowest BCUT2D eigenvalue weighted by atomic mass is 9.63. The fourth-order valence-electron chi connectivity index (χ4n) is 10.4. The molecule has 6 aliphatic rings. The fraction of sp³-hybridized carbons (Fsp3) is 0.636. The summed E-state index contributed by atoms with van der Waals surface area (Å²) in [6, 6.07) is 12.8. The molecule has 2 aromatic carbocycles. The summed E-state index contributed by atoms with van der Waals surface area (Å²) in [6.45, 7) is 5.21. The molecule has 0 bridgehead atoms. The first kappa shape index (κ1) is 24.0. The lowest BCUT2D eigenvalue weighted by Gasteiger charge is -2.41. The van der Waals surface area contributed by atoms with Crippen molar-refractivity contribution < 1.29 is 9.84 Å². The van der Waals surface area contributed by atoms with Gasteiger partial charge >= 0.3 is 0 Å². The summed E-state index contributed by atoms with van der Waals surface area (Å²) in [5.74, 6) is 4.86. The second-order valence-corrected chi connectivity index (χ2v) is 13.5. The molecule has 2 aliphatic heterocycles. The van der Waals surface area contributed by atoms with Gasteiger partial charge in [-0.05, 0) is 146 Å². The van der Waals surface area contributed by atoms with Crippen molar-refractivity contribution in [1.29, 1.82) is 0 Å². The van der Waals surface area contributed by atoms with E-state index < -0.39 is 0 Å². The molecule has 0 aromatic heterocycles. The molecule has 4 nitrogen and oxygen atoms in total. The Morgan fingerprint density at radius 2 is 1.30 bits per heavy atom. The number of aryl methyl sites for hydroxylation is 2. The normalized spacial score (nSPS) is 37.5. The van der Waals surface area contributed by atoms with Crippen LogP contribution in [0.25, 0.3) is 0 Å². The number of phenols is 1. The van der Waals surface area contributed by atoms with Gasteiger partial charge in [0.2, 0.25) is 0 Å². The Morgan fingerprint density at radius 3 is 1.86 bits per heavy atom. The molecule has 37 heavy (non-hydrogen) atoms. The Balaban J connectivity index is 0.000000125. The first-order chi connectivity index (χ1) is 17.9. The molecule has 6 unspecified atom stereocenters. The topological polar surface area (TPSA) is 35.9 Å². The van der Waals surface area contributed by atoms with Gasteiger partial charge in [-0.25, -0.2) is 0 Å². The number of hydrogen-bond donors (Lipinski definition) is 1. The summed E-state index contributed by atoms with van der Waals surface area (Å²) >= 11 is 0. The molecule has 2 spiro atoms. The van der Waals surface area contributed by atoms with Crippen LogP contribution >= 0.6 is 0 Å². The third-order valence-corrected chi connectivity index (χ3v) is 11.8. The van der Waals surface area contributed by atoms with Gasteiger partial charge in [-0.15, -0.1) is 0 Å². The van der Waals surface area contributed by atoms with Crippen LogP contribution < -0.4 is 4.74 Å². The van der Waals surface area contributed by atoms with E-state index in [0.29, 0.717) is 16.6 Å². The number of likely N-dealkylation sites (tertiary alicyclic amines) is 2. The second-order valence-electron chi connectivity index (χ2n) is 13.5. The minimum atomic E-state index is 0.433. The number of benzene rings is 2. The van der Waals surface area contributed by atoms with E-state index in [0.717, 1.165) is 35.8 Å². The van der Waals surface area contributed by atoms with Crippen molar-refractivity contribution in [3.63, 3.8) is 0 Å². The van der Waals surface area contributed by atoms with Crippen molar-refractivity contribution in [1.82, 2.24) is 9.80 Å². The Labute approximate surface area is 223 Å². The Morgan fingerprint density at radius 1 is 0.757 bits per heavy atom. The number of nitrogens with zero attached hydrogens (tertiary/aromatic N) is 2. The van der Waals surface area contributed by atoms with Crippen LogP contribution in [0.2, 0.25) is 0 Å². The lowest BCUT2D eigenvalue weighted by molar-refractivity contribution is 0.189. The van der Waals surface area contributed by atoms with E-state index in [4.69, 9.17) is 4.74 Å². The highest BCUT2D eigenvalue weighted by Crippen LogP contribution is 2.62. The van der Waals surface area contributed by atoms with Crippen molar-refractivity contribution in [3.05, 3.63) is 58.7 Å². The summed E-state index contributed by atoms with van der Waals surface area (Å²) < 4.78 is 5.39. The number of hydrogen-bond acceptors (Lipinski definition) is 4. The van der Waals surface area contributed by atoms with Crippen molar-refractivity contribution >= 4 is 0 Å². The minimum Gasteiger partial charge on any atom is -0.508 e. The number of phenolic OH excluding ortho intramolecular Hbond substituents is 1. The first-order valence-electron chi connectivity index (χ1n) is 14.8. The minimum absolute atomic E-state index is 0.433. The Kier molecular flexibility index (Phi) is 5.68. The van der Waals surface area contributed by atoms with Gasteiger partial charge in [0.05, 0.1) is 7.11 Å². The van der Waals surface area contributed by atoms with Crippen LogP contribution in [0.1, 0.15) is 72.6 Å². The van der Waals surface area contributed by atoms with Gasteiger partial charge in [0.15, 0.2) is 0 Å². The third-order valence-electron chi connectivity index (χ3n) is 11.8. The zero-order chi connectivity index (χ0) is 25.4. The molecule has 8 rings (SSSR count). The average Bonchev–Trinajstić information content (AvgIpc) is 3.59. The van der Waals surface area contributed by atoms with E-state index in [1.54, 1.807) is 18.2 Å². The van der Waals surface area contributed by atoms with Gasteiger partial charge in [0.1, 0.15) is 11.5 Å². The fourth-order valence-corrected chi connectivity index (χ4v) is 10.4. The molecule has 0 radical (unpaired) electrons. The van der Waals surface area contributed by atoms with E-state index in [1.165, 1.54) is 82.3 Å². The highest BCUT2D eigenvalue weighted by molar-refractivity contribution is 5.43. The molecule has 6 atom stereocenters. The van der Waals surface area contributed by atoms with E-state index >= 15 is 0 Å².